The molecule has 4 rings (SSSR count). The molecular weight excluding hydrogens is 406 g/mol. The topological polar surface area (TPSA) is 75.6 Å². The minimum Gasteiger partial charge on any atom is -0.487 e. The Hall–Kier alpha value is -3.10. The largest absolute Gasteiger partial charge is 0.487 e. The lowest BCUT2D eigenvalue weighted by atomic mass is 9.69. The molecule has 2 aliphatic rings. The number of nitrogens with one attached hydrogen (secondary N) is 1. The summed E-state index contributed by atoms with van der Waals surface area (Å²) >= 11 is 0. The molecule has 2 aromatic rings. The maximum atomic E-state index is 14.0. The molecule has 0 aromatic heterocycles. The first-order chi connectivity index (χ1) is 14.1. The summed E-state index contributed by atoms with van der Waals surface area (Å²) in [5.74, 6) is -2.72. The minimum atomic E-state index is -4.62. The molecule has 5 nitrogen and oxygen atoms in total. The smallest absolute Gasteiger partial charge is 0.416 e. The number of halogens is 4. The van der Waals surface area contributed by atoms with E-state index >= 15 is 0 Å². The number of hydrogen-bond acceptors (Lipinski definition) is 3. The number of hydrogen-bond donors (Lipinski definition) is 2. The van der Waals surface area contributed by atoms with Crippen LogP contribution in [0.4, 0.5) is 23.2 Å². The zero-order chi connectivity index (χ0) is 21.7. The first-order valence-corrected chi connectivity index (χ1v) is 9.33. The fourth-order valence-electron chi connectivity index (χ4n) is 4.19. The van der Waals surface area contributed by atoms with E-state index in [2.05, 4.69) is 5.32 Å². The molecule has 2 N–H and O–H groups in total. The third-order valence-corrected chi connectivity index (χ3v) is 5.80. The van der Waals surface area contributed by atoms with Crippen molar-refractivity contribution in [1.29, 1.82) is 0 Å². The Morgan fingerprint density at radius 3 is 2.47 bits per heavy atom. The SMILES string of the molecule is O=C(O)c1ccc2c(c1)[C@]1(CC[C@@H](Oc3cc(C(F)(F)F)ccc3F)CC1)C(=O)N2. The van der Waals surface area contributed by atoms with Crippen LogP contribution in [0.5, 0.6) is 5.75 Å². The van der Waals surface area contributed by atoms with Crippen LogP contribution in [0.2, 0.25) is 0 Å². The fourth-order valence-corrected chi connectivity index (χ4v) is 4.19. The van der Waals surface area contributed by atoms with Crippen LogP contribution in [0.15, 0.2) is 36.4 Å². The van der Waals surface area contributed by atoms with Gasteiger partial charge >= 0.3 is 12.1 Å². The number of amides is 1. The molecule has 158 valence electrons. The predicted octanol–water partition coefficient (Wildman–Crippen LogP) is 4.75. The summed E-state index contributed by atoms with van der Waals surface area (Å²) in [6, 6.07) is 6.44. The van der Waals surface area contributed by atoms with Gasteiger partial charge in [0.25, 0.3) is 0 Å². The first kappa shape index (κ1) is 20.2. The molecule has 9 heteroatoms. The van der Waals surface area contributed by atoms with Gasteiger partial charge in [0.15, 0.2) is 11.6 Å². The summed E-state index contributed by atoms with van der Waals surface area (Å²) in [5, 5.41) is 12.0. The van der Waals surface area contributed by atoms with E-state index in [1.165, 1.54) is 12.1 Å². The number of fused-ring (bicyclic) bond motifs is 2. The number of carboxylic acid groups (broad SMARTS) is 1. The molecule has 0 atom stereocenters. The molecule has 0 unspecified atom stereocenters. The Bertz CT molecular complexity index is 1030. The molecule has 1 fully saturated rings. The number of ether oxygens (including phenoxy) is 1. The number of anilines is 1. The number of carboxylic acids is 1. The molecule has 0 radical (unpaired) electrons. The van der Waals surface area contributed by atoms with E-state index in [0.717, 1.165) is 6.07 Å². The van der Waals surface area contributed by atoms with Gasteiger partial charge in [-0.2, -0.15) is 13.2 Å². The number of rotatable bonds is 3. The molecule has 0 bridgehead atoms. The van der Waals surface area contributed by atoms with Crippen molar-refractivity contribution in [3.63, 3.8) is 0 Å². The van der Waals surface area contributed by atoms with Crippen molar-refractivity contribution in [3.05, 3.63) is 58.9 Å². The Morgan fingerprint density at radius 1 is 1.13 bits per heavy atom. The lowest BCUT2D eigenvalue weighted by Gasteiger charge is -2.36. The highest BCUT2D eigenvalue weighted by molar-refractivity contribution is 6.07. The number of carbonyl (C=O) groups excluding carboxylic acids is 1. The van der Waals surface area contributed by atoms with Crippen LogP contribution < -0.4 is 10.1 Å². The number of carbonyl (C=O) groups is 2. The van der Waals surface area contributed by atoms with Crippen LogP contribution >= 0.6 is 0 Å². The average Bonchev–Trinajstić information content (AvgIpc) is 2.95. The molecule has 1 amide bonds. The van der Waals surface area contributed by atoms with Crippen molar-refractivity contribution in [2.24, 2.45) is 0 Å². The Balaban J connectivity index is 1.54. The second-order valence-corrected chi connectivity index (χ2v) is 7.56. The minimum absolute atomic E-state index is 0.0639. The zero-order valence-corrected chi connectivity index (χ0v) is 15.6. The summed E-state index contributed by atoms with van der Waals surface area (Å²) in [5.41, 5.74) is -0.720. The number of benzene rings is 2. The number of alkyl halides is 3. The quantitative estimate of drug-likeness (QED) is 0.699. The highest BCUT2D eigenvalue weighted by Gasteiger charge is 2.49. The van der Waals surface area contributed by atoms with Gasteiger partial charge < -0.3 is 15.2 Å². The first-order valence-electron chi connectivity index (χ1n) is 9.33. The Morgan fingerprint density at radius 2 is 1.83 bits per heavy atom. The van der Waals surface area contributed by atoms with Crippen LogP contribution in [0.3, 0.4) is 0 Å². The number of aromatic carboxylic acids is 1. The van der Waals surface area contributed by atoms with Crippen molar-refractivity contribution in [2.45, 2.75) is 43.4 Å². The van der Waals surface area contributed by atoms with E-state index in [-0.39, 0.29) is 11.5 Å². The van der Waals surface area contributed by atoms with Gasteiger partial charge in [-0.3, -0.25) is 4.79 Å². The highest BCUT2D eigenvalue weighted by atomic mass is 19.4. The van der Waals surface area contributed by atoms with Gasteiger partial charge in [-0.05, 0) is 67.6 Å². The molecule has 1 aliphatic heterocycles. The van der Waals surface area contributed by atoms with Gasteiger partial charge in [0.05, 0.1) is 22.6 Å². The van der Waals surface area contributed by atoms with Crippen molar-refractivity contribution >= 4 is 17.6 Å². The van der Waals surface area contributed by atoms with E-state index in [0.29, 0.717) is 49.1 Å². The van der Waals surface area contributed by atoms with Crippen LogP contribution in [-0.2, 0) is 16.4 Å². The average molecular weight is 423 g/mol. The molecular formula is C21H17F4NO4. The van der Waals surface area contributed by atoms with Gasteiger partial charge in [0.2, 0.25) is 5.91 Å². The second-order valence-electron chi connectivity index (χ2n) is 7.56. The maximum Gasteiger partial charge on any atom is 0.416 e. The normalized spacial score (nSPS) is 23.2. The van der Waals surface area contributed by atoms with Crippen LogP contribution in [0, 0.1) is 5.82 Å². The molecule has 1 saturated carbocycles. The Labute approximate surface area is 168 Å². The Kier molecular flexibility index (Phi) is 4.71. The van der Waals surface area contributed by atoms with Crippen LogP contribution in [0.25, 0.3) is 0 Å². The van der Waals surface area contributed by atoms with Crippen molar-refractivity contribution in [2.75, 3.05) is 5.32 Å². The van der Waals surface area contributed by atoms with E-state index in [1.54, 1.807) is 6.07 Å². The molecule has 30 heavy (non-hydrogen) atoms. The van der Waals surface area contributed by atoms with Crippen molar-refractivity contribution in [1.82, 2.24) is 0 Å². The van der Waals surface area contributed by atoms with E-state index < -0.39 is 40.8 Å². The van der Waals surface area contributed by atoms with Gasteiger partial charge in [-0.15, -0.1) is 0 Å². The zero-order valence-electron chi connectivity index (χ0n) is 15.6. The maximum absolute atomic E-state index is 14.0. The summed E-state index contributed by atoms with van der Waals surface area (Å²) in [6.07, 6.45) is -3.95. The molecule has 1 spiro atoms. The lowest BCUT2D eigenvalue weighted by molar-refractivity contribution is -0.137. The van der Waals surface area contributed by atoms with Crippen molar-refractivity contribution in [3.8, 4) is 5.75 Å². The molecule has 1 heterocycles. The van der Waals surface area contributed by atoms with E-state index in [1.807, 2.05) is 0 Å². The molecule has 0 saturated heterocycles. The van der Waals surface area contributed by atoms with E-state index in [4.69, 9.17) is 4.74 Å². The van der Waals surface area contributed by atoms with E-state index in [9.17, 15) is 32.3 Å². The van der Waals surface area contributed by atoms with Gasteiger partial charge in [-0.25, -0.2) is 9.18 Å². The highest BCUT2D eigenvalue weighted by Crippen LogP contribution is 2.48. The molecule has 1 aliphatic carbocycles. The lowest BCUT2D eigenvalue weighted by Crippen LogP contribution is -2.41. The fraction of sp³-hybridized carbons (Fsp3) is 0.333. The third kappa shape index (κ3) is 3.38. The van der Waals surface area contributed by atoms with Gasteiger partial charge in [-0.1, -0.05) is 0 Å². The monoisotopic (exact) mass is 423 g/mol. The summed E-state index contributed by atoms with van der Waals surface area (Å²) in [6.45, 7) is 0. The van der Waals surface area contributed by atoms with Gasteiger partial charge in [0, 0.05) is 5.69 Å². The standard InChI is InChI=1S/C21H17F4NO4/c22-15-3-2-12(21(23,24)25)10-17(15)30-13-5-7-20(8-6-13)14-9-11(18(27)28)1-4-16(14)26-19(20)29/h1-4,9-10,13H,5-8H2,(H,26,29)(H,27,28)/t13-,20-. The van der Waals surface area contributed by atoms with Crippen molar-refractivity contribution < 1.29 is 37.0 Å². The van der Waals surface area contributed by atoms with Crippen LogP contribution in [-0.4, -0.2) is 23.1 Å². The summed E-state index contributed by atoms with van der Waals surface area (Å²) in [4.78, 5) is 24.0. The molecule has 2 aromatic carbocycles. The van der Waals surface area contributed by atoms with Crippen LogP contribution in [0.1, 0.15) is 47.2 Å². The predicted molar refractivity (Wildman–Crippen MR) is 98.0 cm³/mol. The second kappa shape index (κ2) is 7.00. The van der Waals surface area contributed by atoms with Gasteiger partial charge in [0.1, 0.15) is 0 Å². The third-order valence-electron chi connectivity index (χ3n) is 5.80. The summed E-state index contributed by atoms with van der Waals surface area (Å²) < 4.78 is 58.1. The summed E-state index contributed by atoms with van der Waals surface area (Å²) in [7, 11) is 0.